The zero-order valence-corrected chi connectivity index (χ0v) is 20.1. The number of ether oxygens (including phenoxy) is 1. The van der Waals surface area contributed by atoms with E-state index >= 15 is 0 Å². The topological polar surface area (TPSA) is 103 Å². The molecule has 10 heteroatoms. The summed E-state index contributed by atoms with van der Waals surface area (Å²) in [5.74, 6) is -0.455. The average Bonchev–Trinajstić information content (AvgIpc) is 3.35. The van der Waals surface area contributed by atoms with Crippen molar-refractivity contribution in [3.8, 4) is 0 Å². The zero-order chi connectivity index (χ0) is 25.1. The Labute approximate surface area is 207 Å². The number of imidazole rings is 1. The van der Waals surface area contributed by atoms with Crippen LogP contribution in [-0.4, -0.2) is 50.9 Å². The van der Waals surface area contributed by atoms with E-state index in [0.29, 0.717) is 49.7 Å². The van der Waals surface area contributed by atoms with E-state index < -0.39 is 23.7 Å². The predicted molar refractivity (Wildman–Crippen MR) is 138 cm³/mol. The molecule has 36 heavy (non-hydrogen) atoms. The van der Waals surface area contributed by atoms with Gasteiger partial charge in [-0.15, -0.1) is 0 Å². The summed E-state index contributed by atoms with van der Waals surface area (Å²) in [5, 5.41) is 2.90. The summed E-state index contributed by atoms with van der Waals surface area (Å²) in [7, 11) is 0. The Kier molecular flexibility index (Phi) is 6.68. The van der Waals surface area contributed by atoms with E-state index in [1.54, 1.807) is 10.9 Å². The fourth-order valence-electron chi connectivity index (χ4n) is 4.52. The minimum Gasteiger partial charge on any atom is -0.378 e. The van der Waals surface area contributed by atoms with Gasteiger partial charge in [0.25, 0.3) is 5.56 Å². The van der Waals surface area contributed by atoms with Gasteiger partial charge in [0.05, 0.1) is 37.5 Å². The first-order valence-corrected chi connectivity index (χ1v) is 12.0. The molecule has 1 aliphatic heterocycles. The van der Waals surface area contributed by atoms with Crippen LogP contribution in [0.1, 0.15) is 12.5 Å². The maximum atomic E-state index is 13.5. The summed E-state index contributed by atoms with van der Waals surface area (Å²) in [6, 6.07) is 17.0. The van der Waals surface area contributed by atoms with Crippen LogP contribution in [0.15, 0.2) is 70.5 Å². The first-order chi connectivity index (χ1) is 17.6. The predicted octanol–water partition coefficient (Wildman–Crippen LogP) is 1.90. The van der Waals surface area contributed by atoms with E-state index in [1.165, 1.54) is 4.57 Å². The molecule has 0 spiro atoms. The Hall–Kier alpha value is -4.18. The molecule has 5 rings (SSSR count). The molecule has 2 aromatic heterocycles. The first kappa shape index (κ1) is 23.6. The third-order valence-electron chi connectivity index (χ3n) is 6.34. The molecule has 1 N–H and O–H groups in total. The van der Waals surface area contributed by atoms with Crippen molar-refractivity contribution in [2.45, 2.75) is 26.6 Å². The van der Waals surface area contributed by atoms with Crippen LogP contribution in [0, 0.1) is 0 Å². The molecule has 1 aliphatic rings. The molecule has 3 heterocycles. The van der Waals surface area contributed by atoms with Crippen LogP contribution in [0.25, 0.3) is 11.2 Å². The van der Waals surface area contributed by atoms with Gasteiger partial charge in [-0.1, -0.05) is 42.5 Å². The number of anilines is 2. The van der Waals surface area contributed by atoms with Gasteiger partial charge in [0.15, 0.2) is 11.2 Å². The van der Waals surface area contributed by atoms with Crippen LogP contribution in [0.2, 0.25) is 0 Å². The maximum Gasteiger partial charge on any atom is 0.333 e. The fourth-order valence-corrected chi connectivity index (χ4v) is 4.52. The minimum absolute atomic E-state index is 0.235. The Morgan fingerprint density at radius 3 is 2.47 bits per heavy atom. The van der Waals surface area contributed by atoms with Gasteiger partial charge in [-0.05, 0) is 24.6 Å². The summed E-state index contributed by atoms with van der Waals surface area (Å²) in [6.07, 6.45) is 1.55. The SMILES string of the molecule is CCn1cnc2c1c(=O)n(CC(=O)Nc1ccccc1N1CCOCC1)c(=O)n2Cc1ccccc1. The number of nitrogens with one attached hydrogen (secondary N) is 1. The lowest BCUT2D eigenvalue weighted by atomic mass is 10.2. The van der Waals surface area contributed by atoms with Gasteiger partial charge in [0.2, 0.25) is 5.91 Å². The molecule has 0 saturated carbocycles. The molecular formula is C26H28N6O4. The number of para-hydroxylation sites is 2. The van der Waals surface area contributed by atoms with E-state index in [-0.39, 0.29) is 6.54 Å². The minimum atomic E-state index is -0.575. The summed E-state index contributed by atoms with van der Waals surface area (Å²) in [4.78, 5) is 46.5. The molecule has 4 aromatic rings. The van der Waals surface area contributed by atoms with Crippen LogP contribution in [-0.2, 0) is 29.2 Å². The second kappa shape index (κ2) is 10.2. The van der Waals surface area contributed by atoms with Crippen molar-refractivity contribution in [2.75, 3.05) is 36.5 Å². The van der Waals surface area contributed by atoms with Gasteiger partial charge in [-0.3, -0.25) is 14.2 Å². The zero-order valence-electron chi connectivity index (χ0n) is 20.1. The van der Waals surface area contributed by atoms with Crippen LogP contribution in [0.5, 0.6) is 0 Å². The molecule has 2 aromatic carbocycles. The van der Waals surface area contributed by atoms with Gasteiger partial charge in [-0.25, -0.2) is 14.3 Å². The molecule has 1 fully saturated rings. The van der Waals surface area contributed by atoms with E-state index in [9.17, 15) is 14.4 Å². The molecule has 1 saturated heterocycles. The Morgan fingerprint density at radius 2 is 1.72 bits per heavy atom. The molecule has 1 amide bonds. The molecule has 186 valence electrons. The summed E-state index contributed by atoms with van der Waals surface area (Å²) in [6.45, 7) is 4.89. The van der Waals surface area contributed by atoms with E-state index in [0.717, 1.165) is 15.8 Å². The molecule has 0 aliphatic carbocycles. The average molecular weight is 489 g/mol. The number of morpholine rings is 1. The number of aromatic nitrogens is 4. The van der Waals surface area contributed by atoms with Crippen LogP contribution < -0.4 is 21.5 Å². The van der Waals surface area contributed by atoms with E-state index in [2.05, 4.69) is 15.2 Å². The smallest absolute Gasteiger partial charge is 0.333 e. The second-order valence-corrected chi connectivity index (χ2v) is 8.61. The number of benzene rings is 2. The lowest BCUT2D eigenvalue weighted by molar-refractivity contribution is -0.116. The van der Waals surface area contributed by atoms with Gasteiger partial charge < -0.3 is 19.5 Å². The number of fused-ring (bicyclic) bond motifs is 1. The number of rotatable bonds is 7. The Bertz CT molecular complexity index is 1500. The van der Waals surface area contributed by atoms with Crippen molar-refractivity contribution in [3.63, 3.8) is 0 Å². The number of hydrogen-bond acceptors (Lipinski definition) is 6. The van der Waals surface area contributed by atoms with Crippen molar-refractivity contribution in [2.24, 2.45) is 0 Å². The number of aryl methyl sites for hydroxylation is 1. The van der Waals surface area contributed by atoms with Crippen molar-refractivity contribution >= 4 is 28.4 Å². The molecule has 0 radical (unpaired) electrons. The lowest BCUT2D eigenvalue weighted by Crippen LogP contribution is -2.43. The normalized spacial score (nSPS) is 13.8. The number of hydrogen-bond donors (Lipinski definition) is 1. The highest BCUT2D eigenvalue weighted by atomic mass is 16.5. The number of carbonyl (C=O) groups is 1. The summed E-state index contributed by atoms with van der Waals surface area (Å²) < 4.78 is 9.58. The Morgan fingerprint density at radius 1 is 1.00 bits per heavy atom. The highest BCUT2D eigenvalue weighted by Crippen LogP contribution is 2.26. The number of nitrogens with zero attached hydrogens (tertiary/aromatic N) is 5. The maximum absolute atomic E-state index is 13.5. The molecule has 0 bridgehead atoms. The number of amides is 1. The lowest BCUT2D eigenvalue weighted by Gasteiger charge is -2.30. The van der Waals surface area contributed by atoms with Gasteiger partial charge in [0.1, 0.15) is 6.54 Å². The summed E-state index contributed by atoms with van der Waals surface area (Å²) in [5.41, 5.74) is 1.90. The monoisotopic (exact) mass is 488 g/mol. The quantitative estimate of drug-likeness (QED) is 0.426. The first-order valence-electron chi connectivity index (χ1n) is 12.0. The van der Waals surface area contributed by atoms with Crippen molar-refractivity contribution < 1.29 is 9.53 Å². The van der Waals surface area contributed by atoms with Crippen molar-refractivity contribution in [3.05, 3.63) is 87.3 Å². The fraction of sp³-hybridized carbons (Fsp3) is 0.308. The molecule has 0 atom stereocenters. The third kappa shape index (κ3) is 4.55. The van der Waals surface area contributed by atoms with Gasteiger partial charge in [-0.2, -0.15) is 0 Å². The van der Waals surface area contributed by atoms with E-state index in [1.807, 2.05) is 61.5 Å². The number of carbonyl (C=O) groups excluding carboxylic acids is 1. The van der Waals surface area contributed by atoms with E-state index in [4.69, 9.17) is 4.74 Å². The van der Waals surface area contributed by atoms with Crippen LogP contribution in [0.3, 0.4) is 0 Å². The molecule has 10 nitrogen and oxygen atoms in total. The third-order valence-corrected chi connectivity index (χ3v) is 6.34. The van der Waals surface area contributed by atoms with Crippen molar-refractivity contribution in [1.29, 1.82) is 0 Å². The molecular weight excluding hydrogens is 460 g/mol. The highest BCUT2D eigenvalue weighted by Gasteiger charge is 2.21. The standard InChI is InChI=1S/C26H28N6O4/c1-2-29-18-27-24-23(29)25(34)32(26(35)31(24)16-19-8-4-3-5-9-19)17-22(33)28-20-10-6-7-11-21(20)30-12-14-36-15-13-30/h3-11,18H,2,12-17H2,1H3,(H,28,33). The van der Waals surface area contributed by atoms with Crippen LogP contribution >= 0.6 is 0 Å². The van der Waals surface area contributed by atoms with Gasteiger partial charge in [0, 0.05) is 19.6 Å². The van der Waals surface area contributed by atoms with Gasteiger partial charge >= 0.3 is 5.69 Å². The van der Waals surface area contributed by atoms with Crippen molar-refractivity contribution in [1.82, 2.24) is 18.7 Å². The highest BCUT2D eigenvalue weighted by molar-refractivity contribution is 5.94. The summed E-state index contributed by atoms with van der Waals surface area (Å²) >= 11 is 0. The largest absolute Gasteiger partial charge is 0.378 e. The Balaban J connectivity index is 1.50. The molecule has 0 unspecified atom stereocenters. The van der Waals surface area contributed by atoms with Crippen LogP contribution in [0.4, 0.5) is 11.4 Å². The second-order valence-electron chi connectivity index (χ2n) is 8.61.